The Labute approximate surface area is 97.9 Å². The monoisotopic (exact) mass is 235 g/mol. The second kappa shape index (κ2) is 3.83. The first-order valence-corrected chi connectivity index (χ1v) is 5.85. The summed E-state index contributed by atoms with van der Waals surface area (Å²) in [6.07, 6.45) is 0. The molecular weight excluding hydrogens is 222 g/mol. The van der Waals surface area contributed by atoms with Gasteiger partial charge in [-0.05, 0) is 13.8 Å². The fraction of sp³-hybridized carbons (Fsp3) is 0.364. The Balaban J connectivity index is 2.54. The summed E-state index contributed by atoms with van der Waals surface area (Å²) >= 11 is 1.49. The molecule has 2 heterocycles. The van der Waals surface area contributed by atoms with Crippen molar-refractivity contribution >= 4 is 17.1 Å². The zero-order valence-electron chi connectivity index (χ0n) is 9.74. The highest BCUT2D eigenvalue weighted by Gasteiger charge is 2.15. The first kappa shape index (κ1) is 11.0. The molecule has 0 aromatic carbocycles. The lowest BCUT2D eigenvalue weighted by Crippen LogP contribution is -1.93. The maximum atomic E-state index is 11.2. The number of hydrogen-bond donors (Lipinski definition) is 0. The van der Waals surface area contributed by atoms with Gasteiger partial charge in [0.15, 0.2) is 5.78 Å². The largest absolute Gasteiger partial charge is 0.293 e. The summed E-state index contributed by atoms with van der Waals surface area (Å²) in [6, 6.07) is 0. The molecule has 2 aromatic rings. The van der Waals surface area contributed by atoms with Crippen LogP contribution >= 0.6 is 11.3 Å². The highest BCUT2D eigenvalue weighted by Crippen LogP contribution is 2.29. The van der Waals surface area contributed by atoms with Gasteiger partial charge in [0.05, 0.1) is 11.3 Å². The molecule has 0 spiro atoms. The number of thiazole rings is 1. The van der Waals surface area contributed by atoms with Crippen molar-refractivity contribution in [3.63, 3.8) is 0 Å². The van der Waals surface area contributed by atoms with Crippen LogP contribution in [0.25, 0.3) is 10.6 Å². The number of nitrogens with zero attached hydrogens (tertiary/aromatic N) is 3. The summed E-state index contributed by atoms with van der Waals surface area (Å²) in [6.45, 7) is 5.49. The van der Waals surface area contributed by atoms with E-state index in [0.717, 1.165) is 22.0 Å². The Morgan fingerprint density at radius 1 is 1.44 bits per heavy atom. The first-order chi connectivity index (χ1) is 7.50. The number of carbonyl (C=O) groups excluding carboxylic acids is 1. The minimum Gasteiger partial charge on any atom is -0.293 e. The average molecular weight is 235 g/mol. The van der Waals surface area contributed by atoms with Crippen LogP contribution in [-0.4, -0.2) is 20.5 Å². The molecule has 0 aliphatic carbocycles. The Morgan fingerprint density at radius 3 is 2.56 bits per heavy atom. The van der Waals surface area contributed by atoms with E-state index in [1.165, 1.54) is 18.3 Å². The molecule has 0 N–H and O–H groups in total. The van der Waals surface area contributed by atoms with E-state index in [9.17, 15) is 4.79 Å². The van der Waals surface area contributed by atoms with E-state index in [0.29, 0.717) is 5.69 Å². The number of Topliss-reactive ketones (excluding diaryl/α,β-unsaturated/α-hetero) is 1. The zero-order chi connectivity index (χ0) is 11.9. The van der Waals surface area contributed by atoms with Crippen LogP contribution in [0.2, 0.25) is 0 Å². The predicted octanol–water partition coefficient (Wildman–Crippen LogP) is 2.36. The molecule has 0 unspecified atom stereocenters. The van der Waals surface area contributed by atoms with Gasteiger partial charge in [-0.25, -0.2) is 4.98 Å². The molecule has 0 saturated carbocycles. The standard InChI is InChI=1S/C11H13N3OS/c1-6-10(7(2)14(4)13-6)11-12-9(5-16-11)8(3)15/h5H,1-4H3. The quantitative estimate of drug-likeness (QED) is 0.751. The van der Waals surface area contributed by atoms with Crippen molar-refractivity contribution in [3.8, 4) is 10.6 Å². The molecule has 0 fully saturated rings. The van der Waals surface area contributed by atoms with Crippen LogP contribution in [0.1, 0.15) is 28.8 Å². The van der Waals surface area contributed by atoms with Crippen LogP contribution in [-0.2, 0) is 7.05 Å². The zero-order valence-corrected chi connectivity index (χ0v) is 10.6. The van der Waals surface area contributed by atoms with E-state index >= 15 is 0 Å². The third-order valence-electron chi connectivity index (χ3n) is 2.59. The van der Waals surface area contributed by atoms with Gasteiger partial charge in [0, 0.05) is 25.0 Å². The molecule has 0 aliphatic rings. The van der Waals surface area contributed by atoms with Crippen molar-refractivity contribution in [2.75, 3.05) is 0 Å². The fourth-order valence-corrected chi connectivity index (χ4v) is 2.64. The van der Waals surface area contributed by atoms with E-state index in [1.54, 1.807) is 5.38 Å². The van der Waals surface area contributed by atoms with Crippen molar-refractivity contribution in [1.82, 2.24) is 14.8 Å². The molecule has 0 radical (unpaired) electrons. The normalized spacial score (nSPS) is 10.8. The molecule has 0 atom stereocenters. The third-order valence-corrected chi connectivity index (χ3v) is 3.45. The van der Waals surface area contributed by atoms with Gasteiger partial charge in [0.1, 0.15) is 10.7 Å². The topological polar surface area (TPSA) is 47.8 Å². The summed E-state index contributed by atoms with van der Waals surface area (Å²) in [5.41, 5.74) is 3.59. The lowest BCUT2D eigenvalue weighted by atomic mass is 10.2. The number of aryl methyl sites for hydroxylation is 2. The molecule has 4 nitrogen and oxygen atoms in total. The second-order valence-corrected chi connectivity index (χ2v) is 4.62. The fourth-order valence-electron chi connectivity index (χ4n) is 1.63. The minimum absolute atomic E-state index is 0.00157. The van der Waals surface area contributed by atoms with E-state index < -0.39 is 0 Å². The van der Waals surface area contributed by atoms with Gasteiger partial charge >= 0.3 is 0 Å². The smallest absolute Gasteiger partial charge is 0.178 e. The molecule has 2 aromatic heterocycles. The lowest BCUT2D eigenvalue weighted by molar-refractivity contribution is 0.101. The summed E-state index contributed by atoms with van der Waals surface area (Å²) in [5.74, 6) is 0.00157. The highest BCUT2D eigenvalue weighted by molar-refractivity contribution is 7.13. The van der Waals surface area contributed by atoms with Crippen molar-refractivity contribution in [3.05, 3.63) is 22.5 Å². The van der Waals surface area contributed by atoms with Gasteiger partial charge in [0.25, 0.3) is 0 Å². The molecule has 16 heavy (non-hydrogen) atoms. The van der Waals surface area contributed by atoms with Crippen LogP contribution in [0.5, 0.6) is 0 Å². The molecule has 0 aliphatic heterocycles. The van der Waals surface area contributed by atoms with Gasteiger partial charge in [0.2, 0.25) is 0 Å². The van der Waals surface area contributed by atoms with Gasteiger partial charge in [-0.2, -0.15) is 5.10 Å². The van der Waals surface area contributed by atoms with E-state index in [1.807, 2.05) is 25.6 Å². The van der Waals surface area contributed by atoms with Gasteiger partial charge in [-0.15, -0.1) is 11.3 Å². The molecule has 84 valence electrons. The maximum absolute atomic E-state index is 11.2. The van der Waals surface area contributed by atoms with Gasteiger partial charge in [-0.3, -0.25) is 9.48 Å². The lowest BCUT2D eigenvalue weighted by Gasteiger charge is -1.96. The Morgan fingerprint density at radius 2 is 2.12 bits per heavy atom. The molecule has 0 bridgehead atoms. The van der Waals surface area contributed by atoms with Crippen molar-refractivity contribution in [2.45, 2.75) is 20.8 Å². The molecule has 5 heteroatoms. The van der Waals surface area contributed by atoms with Crippen molar-refractivity contribution in [1.29, 1.82) is 0 Å². The second-order valence-electron chi connectivity index (χ2n) is 3.76. The van der Waals surface area contributed by atoms with E-state index in [-0.39, 0.29) is 5.78 Å². The summed E-state index contributed by atoms with van der Waals surface area (Å²) in [5, 5.41) is 7.00. The molecule has 0 amide bonds. The van der Waals surface area contributed by atoms with Gasteiger partial charge < -0.3 is 0 Å². The summed E-state index contributed by atoms with van der Waals surface area (Å²) in [4.78, 5) is 15.5. The number of carbonyl (C=O) groups is 1. The number of rotatable bonds is 2. The molecule has 0 saturated heterocycles. The molecular formula is C11H13N3OS. The minimum atomic E-state index is 0.00157. The summed E-state index contributed by atoms with van der Waals surface area (Å²) in [7, 11) is 1.91. The Hall–Kier alpha value is -1.49. The predicted molar refractivity (Wildman–Crippen MR) is 63.8 cm³/mol. The van der Waals surface area contributed by atoms with Crippen LogP contribution < -0.4 is 0 Å². The molecule has 2 rings (SSSR count). The third kappa shape index (κ3) is 1.67. The van der Waals surface area contributed by atoms with Crippen molar-refractivity contribution in [2.24, 2.45) is 7.05 Å². The van der Waals surface area contributed by atoms with Crippen LogP contribution in [0.15, 0.2) is 5.38 Å². The van der Waals surface area contributed by atoms with Crippen LogP contribution in [0.4, 0.5) is 0 Å². The number of hydrogen-bond acceptors (Lipinski definition) is 4. The van der Waals surface area contributed by atoms with Crippen LogP contribution in [0, 0.1) is 13.8 Å². The number of ketones is 1. The van der Waals surface area contributed by atoms with Gasteiger partial charge in [-0.1, -0.05) is 0 Å². The highest BCUT2D eigenvalue weighted by atomic mass is 32.1. The van der Waals surface area contributed by atoms with Crippen LogP contribution in [0.3, 0.4) is 0 Å². The maximum Gasteiger partial charge on any atom is 0.178 e. The Bertz CT molecular complexity index is 554. The average Bonchev–Trinajstić information content (AvgIpc) is 2.74. The Kier molecular flexibility index (Phi) is 2.63. The first-order valence-electron chi connectivity index (χ1n) is 4.97. The van der Waals surface area contributed by atoms with Crippen molar-refractivity contribution < 1.29 is 4.79 Å². The van der Waals surface area contributed by atoms with E-state index in [4.69, 9.17) is 0 Å². The number of aromatic nitrogens is 3. The van der Waals surface area contributed by atoms with E-state index in [2.05, 4.69) is 10.1 Å². The SMILES string of the molecule is CC(=O)c1csc(-c2c(C)nn(C)c2C)n1. The summed E-state index contributed by atoms with van der Waals surface area (Å²) < 4.78 is 1.83.